The van der Waals surface area contributed by atoms with Gasteiger partial charge in [0.15, 0.2) is 5.13 Å². The number of amides is 1. The van der Waals surface area contributed by atoms with Gasteiger partial charge in [-0.25, -0.2) is 4.98 Å². The fourth-order valence-corrected chi connectivity index (χ4v) is 3.19. The van der Waals surface area contributed by atoms with Crippen molar-refractivity contribution in [3.05, 3.63) is 21.0 Å². The summed E-state index contributed by atoms with van der Waals surface area (Å²) in [6.45, 7) is 4.20. The highest BCUT2D eigenvalue weighted by Gasteiger charge is 2.60. The van der Waals surface area contributed by atoms with Crippen LogP contribution in [0.2, 0.25) is 0 Å². The van der Waals surface area contributed by atoms with Crippen molar-refractivity contribution in [2.75, 3.05) is 5.32 Å². The summed E-state index contributed by atoms with van der Waals surface area (Å²) in [5.74, 6) is 0.320. The summed E-state index contributed by atoms with van der Waals surface area (Å²) >= 11 is 8.11. The lowest BCUT2D eigenvalue weighted by molar-refractivity contribution is -0.118. The van der Waals surface area contributed by atoms with Crippen molar-refractivity contribution in [1.82, 2.24) is 4.98 Å². The second kappa shape index (κ2) is 4.82. The second-order valence-corrected chi connectivity index (χ2v) is 8.28. The molecule has 1 saturated carbocycles. The summed E-state index contributed by atoms with van der Waals surface area (Å²) in [4.78, 5) is 16.1. The Morgan fingerprint density at radius 1 is 1.59 bits per heavy atom. The lowest BCUT2D eigenvalue weighted by Gasteiger charge is -2.02. The molecular formula is C11H12Br2N2OS. The number of hydrogen-bond acceptors (Lipinski definition) is 3. The molecule has 1 fully saturated rings. The van der Waals surface area contributed by atoms with Crippen LogP contribution in [0.1, 0.15) is 13.8 Å². The van der Waals surface area contributed by atoms with Crippen molar-refractivity contribution in [2.45, 2.75) is 13.8 Å². The highest BCUT2D eigenvalue weighted by Crippen LogP contribution is 2.60. The minimum atomic E-state index is 0.00807. The number of carbonyl (C=O) groups is 1. The Bertz CT molecular complexity index is 452. The summed E-state index contributed by atoms with van der Waals surface area (Å²) in [7, 11) is 0. The Morgan fingerprint density at radius 2 is 2.29 bits per heavy atom. The first-order valence-corrected chi connectivity index (χ1v) is 7.62. The molecule has 1 amide bonds. The van der Waals surface area contributed by atoms with Gasteiger partial charge in [-0.2, -0.15) is 0 Å². The van der Waals surface area contributed by atoms with E-state index in [0.717, 1.165) is 3.39 Å². The van der Waals surface area contributed by atoms with E-state index in [1.54, 1.807) is 6.20 Å². The van der Waals surface area contributed by atoms with E-state index in [0.29, 0.717) is 5.13 Å². The average molecular weight is 380 g/mol. The SMILES string of the molecule is CC1(C)C(C=C(Br)Br)C1C(=O)Nc1nccs1. The summed E-state index contributed by atoms with van der Waals surface area (Å²) in [5, 5.41) is 5.36. The van der Waals surface area contributed by atoms with E-state index in [2.05, 4.69) is 56.0 Å². The molecule has 1 aliphatic carbocycles. The quantitative estimate of drug-likeness (QED) is 0.862. The van der Waals surface area contributed by atoms with Gasteiger partial charge in [-0.15, -0.1) is 11.3 Å². The van der Waals surface area contributed by atoms with Crippen LogP contribution in [0.3, 0.4) is 0 Å². The molecule has 0 radical (unpaired) electrons. The standard InChI is InChI=1S/C11H12Br2N2OS/c1-11(2)6(5-7(12)13)8(11)9(16)15-10-14-3-4-17-10/h3-6,8H,1-2H3,(H,14,15,16). The monoisotopic (exact) mass is 378 g/mol. The van der Waals surface area contributed by atoms with Gasteiger partial charge >= 0.3 is 0 Å². The second-order valence-electron chi connectivity index (χ2n) is 4.61. The minimum Gasteiger partial charge on any atom is -0.302 e. The van der Waals surface area contributed by atoms with Gasteiger partial charge < -0.3 is 5.32 Å². The van der Waals surface area contributed by atoms with Crippen molar-refractivity contribution in [3.63, 3.8) is 0 Å². The van der Waals surface area contributed by atoms with E-state index in [-0.39, 0.29) is 23.2 Å². The van der Waals surface area contributed by atoms with Crippen LogP contribution in [0, 0.1) is 17.3 Å². The summed E-state index contributed by atoms with van der Waals surface area (Å²) in [5.41, 5.74) is 0.00807. The molecule has 1 aliphatic rings. The van der Waals surface area contributed by atoms with Crippen LogP contribution in [0.5, 0.6) is 0 Å². The molecule has 2 unspecified atom stereocenters. The van der Waals surface area contributed by atoms with E-state index in [1.807, 2.05) is 11.5 Å². The van der Waals surface area contributed by atoms with Crippen LogP contribution in [0.4, 0.5) is 5.13 Å². The maximum atomic E-state index is 12.1. The van der Waals surface area contributed by atoms with E-state index in [1.165, 1.54) is 11.3 Å². The number of aromatic nitrogens is 1. The van der Waals surface area contributed by atoms with Crippen LogP contribution < -0.4 is 5.32 Å². The van der Waals surface area contributed by atoms with E-state index in [4.69, 9.17) is 0 Å². The molecule has 0 aromatic carbocycles. The van der Waals surface area contributed by atoms with Crippen molar-refractivity contribution in [2.24, 2.45) is 17.3 Å². The molecule has 1 heterocycles. The van der Waals surface area contributed by atoms with Gasteiger partial charge in [-0.05, 0) is 43.2 Å². The number of carbonyl (C=O) groups excluding carboxylic acids is 1. The lowest BCUT2D eigenvalue weighted by atomic mass is 10.1. The zero-order valence-corrected chi connectivity index (χ0v) is 13.4. The zero-order valence-electron chi connectivity index (χ0n) is 9.41. The number of anilines is 1. The van der Waals surface area contributed by atoms with Gasteiger partial charge in [-0.1, -0.05) is 19.9 Å². The van der Waals surface area contributed by atoms with E-state index < -0.39 is 0 Å². The number of nitrogens with zero attached hydrogens (tertiary/aromatic N) is 1. The van der Waals surface area contributed by atoms with Gasteiger partial charge in [0.1, 0.15) is 0 Å². The van der Waals surface area contributed by atoms with E-state index in [9.17, 15) is 4.79 Å². The molecule has 1 aromatic heterocycles. The van der Waals surface area contributed by atoms with Crippen molar-refractivity contribution in [1.29, 1.82) is 0 Å². The van der Waals surface area contributed by atoms with Crippen molar-refractivity contribution in [3.8, 4) is 0 Å². The largest absolute Gasteiger partial charge is 0.302 e. The summed E-state index contributed by atoms with van der Waals surface area (Å²) < 4.78 is 0.896. The number of hydrogen-bond donors (Lipinski definition) is 1. The van der Waals surface area contributed by atoms with Crippen LogP contribution in [-0.2, 0) is 4.79 Å². The molecule has 0 saturated heterocycles. The highest BCUT2D eigenvalue weighted by atomic mass is 79.9. The summed E-state index contributed by atoms with van der Waals surface area (Å²) in [6.07, 6.45) is 3.72. The van der Waals surface area contributed by atoms with Gasteiger partial charge in [0.25, 0.3) is 0 Å². The average Bonchev–Trinajstić information content (AvgIpc) is 2.64. The first kappa shape index (κ1) is 13.2. The predicted molar refractivity (Wildman–Crippen MR) is 77.4 cm³/mol. The van der Waals surface area contributed by atoms with Gasteiger partial charge in [0, 0.05) is 11.6 Å². The smallest absolute Gasteiger partial charge is 0.230 e. The Hall–Kier alpha value is -0.200. The van der Waals surface area contributed by atoms with Crippen molar-refractivity contribution < 1.29 is 4.79 Å². The Kier molecular flexibility index (Phi) is 3.75. The highest BCUT2D eigenvalue weighted by molar-refractivity contribution is 9.28. The molecule has 0 spiro atoms. The third-order valence-corrected chi connectivity index (χ3v) is 4.38. The van der Waals surface area contributed by atoms with Crippen LogP contribution in [0.25, 0.3) is 0 Å². The fourth-order valence-electron chi connectivity index (χ4n) is 2.09. The third-order valence-electron chi connectivity index (χ3n) is 3.16. The Balaban J connectivity index is 2.04. The summed E-state index contributed by atoms with van der Waals surface area (Å²) in [6, 6.07) is 0. The first-order valence-electron chi connectivity index (χ1n) is 5.16. The number of halogens is 2. The van der Waals surface area contributed by atoms with Crippen LogP contribution >= 0.6 is 43.2 Å². The number of nitrogens with one attached hydrogen (secondary N) is 1. The predicted octanol–water partition coefficient (Wildman–Crippen LogP) is 3.99. The zero-order chi connectivity index (χ0) is 12.6. The Labute approximate surface area is 121 Å². The molecule has 2 rings (SSSR count). The maximum absolute atomic E-state index is 12.1. The van der Waals surface area contributed by atoms with Crippen LogP contribution in [0.15, 0.2) is 21.0 Å². The molecule has 0 bridgehead atoms. The molecular weight excluding hydrogens is 368 g/mol. The van der Waals surface area contributed by atoms with E-state index >= 15 is 0 Å². The normalized spacial score (nSPS) is 25.2. The minimum absolute atomic E-state index is 0.00807. The molecule has 92 valence electrons. The van der Waals surface area contributed by atoms with Crippen molar-refractivity contribution >= 4 is 54.2 Å². The maximum Gasteiger partial charge on any atom is 0.230 e. The molecule has 17 heavy (non-hydrogen) atoms. The molecule has 3 nitrogen and oxygen atoms in total. The Morgan fingerprint density at radius 3 is 2.82 bits per heavy atom. The van der Waals surface area contributed by atoms with Crippen LogP contribution in [-0.4, -0.2) is 10.9 Å². The van der Waals surface area contributed by atoms with Gasteiger partial charge in [-0.3, -0.25) is 4.79 Å². The molecule has 1 N–H and O–H groups in total. The molecule has 0 aliphatic heterocycles. The first-order chi connectivity index (χ1) is 7.93. The molecule has 6 heteroatoms. The third kappa shape index (κ3) is 2.80. The number of rotatable bonds is 3. The lowest BCUT2D eigenvalue weighted by Crippen LogP contribution is -2.16. The van der Waals surface area contributed by atoms with Gasteiger partial charge in [0.2, 0.25) is 5.91 Å². The fraction of sp³-hybridized carbons (Fsp3) is 0.455. The molecule has 1 aromatic rings. The number of allylic oxidation sites excluding steroid dienone is 1. The topological polar surface area (TPSA) is 42.0 Å². The van der Waals surface area contributed by atoms with Gasteiger partial charge in [0.05, 0.1) is 9.31 Å². The number of thiazole rings is 1. The molecule has 2 atom stereocenters.